The smallest absolute Gasteiger partial charge is 0.410 e. The van der Waals surface area contributed by atoms with Crippen LogP contribution in [0.4, 0.5) is 9.93 Å². The van der Waals surface area contributed by atoms with Crippen LogP contribution in [0, 0.1) is 0 Å². The molecule has 128 valence electrons. The first kappa shape index (κ1) is 16.4. The van der Waals surface area contributed by atoms with E-state index in [9.17, 15) is 9.59 Å². The molecule has 0 aliphatic carbocycles. The molecule has 0 bridgehead atoms. The lowest BCUT2D eigenvalue weighted by atomic mass is 10.2. The average molecular weight is 349 g/mol. The minimum Gasteiger partial charge on any atom is -0.450 e. The summed E-state index contributed by atoms with van der Waals surface area (Å²) in [6.07, 6.45) is 2.11. The van der Waals surface area contributed by atoms with E-state index in [1.165, 1.54) is 11.3 Å². The zero-order valence-electron chi connectivity index (χ0n) is 13.6. The van der Waals surface area contributed by atoms with Crippen LogP contribution in [0.25, 0.3) is 0 Å². The van der Waals surface area contributed by atoms with E-state index in [1.54, 1.807) is 28.8 Å². The second-order valence-corrected chi connectivity index (χ2v) is 6.35. The van der Waals surface area contributed by atoms with E-state index in [1.807, 2.05) is 6.92 Å². The standard InChI is InChI=1S/C15H19N5O3S/c1-3-20-8-6-11(18-20)13(21)17-14-16-10-5-7-19(9-12(10)24-14)15(22)23-4-2/h6,8H,3-5,7,9H2,1-2H3,(H,16,17,21). The third-order valence-electron chi connectivity index (χ3n) is 3.68. The number of hydrogen-bond donors (Lipinski definition) is 1. The number of anilines is 1. The van der Waals surface area contributed by atoms with E-state index in [-0.39, 0.29) is 12.0 Å². The summed E-state index contributed by atoms with van der Waals surface area (Å²) in [6.45, 7) is 5.85. The van der Waals surface area contributed by atoms with Gasteiger partial charge in [-0.3, -0.25) is 14.8 Å². The fourth-order valence-electron chi connectivity index (χ4n) is 2.44. The molecule has 1 aliphatic rings. The van der Waals surface area contributed by atoms with Crippen molar-refractivity contribution in [2.24, 2.45) is 0 Å². The van der Waals surface area contributed by atoms with Crippen molar-refractivity contribution in [3.63, 3.8) is 0 Å². The fraction of sp³-hybridized carbons (Fsp3) is 0.467. The van der Waals surface area contributed by atoms with Gasteiger partial charge in [-0.15, -0.1) is 0 Å². The van der Waals surface area contributed by atoms with Crippen LogP contribution in [0.1, 0.15) is 34.9 Å². The molecule has 2 amide bonds. The van der Waals surface area contributed by atoms with Crippen LogP contribution in [0.3, 0.4) is 0 Å². The topological polar surface area (TPSA) is 89.4 Å². The van der Waals surface area contributed by atoms with Crippen molar-refractivity contribution < 1.29 is 14.3 Å². The minimum absolute atomic E-state index is 0.282. The summed E-state index contributed by atoms with van der Waals surface area (Å²) in [6, 6.07) is 1.68. The summed E-state index contributed by atoms with van der Waals surface area (Å²) in [5, 5.41) is 7.48. The van der Waals surface area contributed by atoms with Crippen molar-refractivity contribution >= 4 is 28.5 Å². The van der Waals surface area contributed by atoms with Crippen molar-refractivity contribution in [3.05, 3.63) is 28.5 Å². The monoisotopic (exact) mass is 349 g/mol. The Morgan fingerprint density at radius 1 is 1.42 bits per heavy atom. The van der Waals surface area contributed by atoms with Gasteiger partial charge in [-0.2, -0.15) is 5.10 Å². The van der Waals surface area contributed by atoms with Gasteiger partial charge in [0.05, 0.1) is 18.8 Å². The highest BCUT2D eigenvalue weighted by Gasteiger charge is 2.25. The normalized spacial score (nSPS) is 13.5. The first-order valence-corrected chi connectivity index (χ1v) is 8.67. The molecule has 1 aliphatic heterocycles. The van der Waals surface area contributed by atoms with Gasteiger partial charge < -0.3 is 9.64 Å². The van der Waals surface area contributed by atoms with Gasteiger partial charge in [0.15, 0.2) is 10.8 Å². The van der Waals surface area contributed by atoms with Crippen LogP contribution in [0.15, 0.2) is 12.3 Å². The van der Waals surface area contributed by atoms with Crippen LogP contribution in [-0.4, -0.2) is 44.8 Å². The van der Waals surface area contributed by atoms with Crippen molar-refractivity contribution in [2.75, 3.05) is 18.5 Å². The Morgan fingerprint density at radius 2 is 2.25 bits per heavy atom. The summed E-state index contributed by atoms with van der Waals surface area (Å²) >= 11 is 1.38. The lowest BCUT2D eigenvalue weighted by molar-refractivity contribution is 0.101. The van der Waals surface area contributed by atoms with Gasteiger partial charge in [0, 0.05) is 30.6 Å². The second kappa shape index (κ2) is 7.00. The van der Waals surface area contributed by atoms with E-state index >= 15 is 0 Å². The molecule has 9 heteroatoms. The molecule has 2 aromatic heterocycles. The van der Waals surface area contributed by atoms with E-state index in [0.29, 0.717) is 43.5 Å². The van der Waals surface area contributed by atoms with E-state index < -0.39 is 0 Å². The Kier molecular flexibility index (Phi) is 4.79. The molecule has 0 radical (unpaired) electrons. The first-order chi connectivity index (χ1) is 11.6. The lowest BCUT2D eigenvalue weighted by Gasteiger charge is -2.24. The third kappa shape index (κ3) is 3.40. The molecule has 8 nitrogen and oxygen atoms in total. The maximum atomic E-state index is 12.2. The number of aromatic nitrogens is 3. The van der Waals surface area contributed by atoms with Crippen molar-refractivity contribution in [3.8, 4) is 0 Å². The second-order valence-electron chi connectivity index (χ2n) is 5.27. The van der Waals surface area contributed by atoms with E-state index in [2.05, 4.69) is 15.4 Å². The molecular formula is C15H19N5O3S. The zero-order chi connectivity index (χ0) is 17.1. The molecule has 2 aromatic rings. The molecule has 0 fully saturated rings. The molecule has 0 aromatic carbocycles. The average Bonchev–Trinajstić information content (AvgIpc) is 3.20. The van der Waals surface area contributed by atoms with Gasteiger partial charge in [0.2, 0.25) is 0 Å². The highest BCUT2D eigenvalue weighted by Crippen LogP contribution is 2.28. The lowest BCUT2D eigenvalue weighted by Crippen LogP contribution is -2.35. The summed E-state index contributed by atoms with van der Waals surface area (Å²) < 4.78 is 6.72. The number of thiazole rings is 1. The quantitative estimate of drug-likeness (QED) is 0.913. The van der Waals surface area contributed by atoms with Gasteiger partial charge in [-0.1, -0.05) is 11.3 Å². The van der Waals surface area contributed by atoms with Crippen LogP contribution < -0.4 is 5.32 Å². The number of fused-ring (bicyclic) bond motifs is 1. The Morgan fingerprint density at radius 3 is 2.96 bits per heavy atom. The van der Waals surface area contributed by atoms with Gasteiger partial charge in [-0.25, -0.2) is 9.78 Å². The minimum atomic E-state index is -0.313. The number of aryl methyl sites for hydroxylation is 1. The summed E-state index contributed by atoms with van der Waals surface area (Å²) in [5.74, 6) is -0.282. The van der Waals surface area contributed by atoms with Gasteiger partial charge in [0.25, 0.3) is 5.91 Å². The van der Waals surface area contributed by atoms with Crippen LogP contribution in [-0.2, 0) is 24.2 Å². The fourth-order valence-corrected chi connectivity index (χ4v) is 3.46. The molecule has 1 N–H and O–H groups in total. The highest BCUT2D eigenvalue weighted by molar-refractivity contribution is 7.15. The van der Waals surface area contributed by atoms with Crippen molar-refractivity contribution in [1.29, 1.82) is 0 Å². The largest absolute Gasteiger partial charge is 0.450 e. The number of nitrogens with zero attached hydrogens (tertiary/aromatic N) is 4. The maximum Gasteiger partial charge on any atom is 0.410 e. The van der Waals surface area contributed by atoms with E-state index in [0.717, 1.165) is 10.6 Å². The number of carbonyl (C=O) groups is 2. The SMILES string of the molecule is CCOC(=O)N1CCc2nc(NC(=O)c3ccn(CC)n3)sc2C1. The van der Waals surface area contributed by atoms with Crippen LogP contribution >= 0.6 is 11.3 Å². The molecular weight excluding hydrogens is 330 g/mol. The molecule has 24 heavy (non-hydrogen) atoms. The van der Waals surface area contributed by atoms with E-state index in [4.69, 9.17) is 4.74 Å². The Hall–Kier alpha value is -2.42. The Bertz CT molecular complexity index is 754. The first-order valence-electron chi connectivity index (χ1n) is 7.85. The zero-order valence-corrected chi connectivity index (χ0v) is 14.4. The third-order valence-corrected chi connectivity index (χ3v) is 4.67. The van der Waals surface area contributed by atoms with Gasteiger partial charge in [-0.05, 0) is 19.9 Å². The number of carbonyl (C=O) groups excluding carboxylic acids is 2. The number of amides is 2. The Labute approximate surface area is 143 Å². The van der Waals surface area contributed by atoms with Crippen molar-refractivity contribution in [2.45, 2.75) is 33.4 Å². The van der Waals surface area contributed by atoms with Gasteiger partial charge in [0.1, 0.15) is 0 Å². The summed E-state index contributed by atoms with van der Waals surface area (Å²) in [7, 11) is 0. The number of rotatable bonds is 4. The number of nitrogens with one attached hydrogen (secondary N) is 1. The van der Waals surface area contributed by atoms with Crippen LogP contribution in [0.5, 0.6) is 0 Å². The summed E-state index contributed by atoms with van der Waals surface area (Å²) in [5.41, 5.74) is 1.29. The summed E-state index contributed by atoms with van der Waals surface area (Å²) in [4.78, 5) is 31.1. The molecule has 0 atom stereocenters. The molecule has 0 unspecified atom stereocenters. The Balaban J connectivity index is 1.67. The molecule has 0 saturated heterocycles. The predicted molar refractivity (Wildman–Crippen MR) is 89.1 cm³/mol. The number of hydrogen-bond acceptors (Lipinski definition) is 6. The number of ether oxygens (including phenoxy) is 1. The highest BCUT2D eigenvalue weighted by atomic mass is 32.1. The van der Waals surface area contributed by atoms with Crippen LogP contribution in [0.2, 0.25) is 0 Å². The maximum absolute atomic E-state index is 12.2. The molecule has 0 saturated carbocycles. The van der Waals surface area contributed by atoms with Crippen molar-refractivity contribution in [1.82, 2.24) is 19.7 Å². The molecule has 0 spiro atoms. The predicted octanol–water partition coefficient (Wildman–Crippen LogP) is 2.13. The molecule has 3 heterocycles. The van der Waals surface area contributed by atoms with Gasteiger partial charge >= 0.3 is 6.09 Å². The molecule has 3 rings (SSSR count).